The maximum Gasteiger partial charge on any atom is 0.282 e. The van der Waals surface area contributed by atoms with E-state index in [-0.39, 0.29) is 11.4 Å². The summed E-state index contributed by atoms with van der Waals surface area (Å²) in [5.74, 6) is 2.41. The second kappa shape index (κ2) is 9.11. The summed E-state index contributed by atoms with van der Waals surface area (Å²) in [6.07, 6.45) is 1.48. The van der Waals surface area contributed by atoms with Crippen LogP contribution >= 0.6 is 11.6 Å². The first-order valence-electron chi connectivity index (χ1n) is 11.5. The van der Waals surface area contributed by atoms with E-state index in [0.29, 0.717) is 44.5 Å². The topological polar surface area (TPSA) is 82.8 Å². The Morgan fingerprint density at radius 2 is 1.78 bits per heavy atom. The highest BCUT2D eigenvalue weighted by atomic mass is 35.5. The number of benzene rings is 3. The van der Waals surface area contributed by atoms with Crippen molar-refractivity contribution in [2.24, 2.45) is 5.10 Å². The fourth-order valence-corrected chi connectivity index (χ4v) is 4.44. The van der Waals surface area contributed by atoms with Crippen molar-refractivity contribution in [1.29, 1.82) is 0 Å². The molecule has 0 atom stereocenters. The van der Waals surface area contributed by atoms with E-state index in [1.54, 1.807) is 37.4 Å². The van der Waals surface area contributed by atoms with Crippen molar-refractivity contribution in [3.63, 3.8) is 0 Å². The Morgan fingerprint density at radius 1 is 0.946 bits per heavy atom. The first kappa shape index (κ1) is 22.8. The van der Waals surface area contributed by atoms with Crippen LogP contribution in [0.15, 0.2) is 97.6 Å². The Labute approximate surface area is 216 Å². The standard InChI is InChI=1S/C29H20ClN3O4/c1-17-19(8-5-9-22(17)30)26-14-13-18(36-26)16-31-33-28(32-23-10-4-3-7-20(23)29(33)34)27-15-21-24(35-2)11-6-12-25(21)37-27/h3-16H,1-2H3. The van der Waals surface area contributed by atoms with Gasteiger partial charge in [0.25, 0.3) is 5.56 Å². The van der Waals surface area contributed by atoms with Crippen LogP contribution in [-0.4, -0.2) is 23.0 Å². The molecule has 0 N–H and O–H groups in total. The molecule has 6 aromatic rings. The van der Waals surface area contributed by atoms with Gasteiger partial charge in [-0.15, -0.1) is 0 Å². The molecule has 0 unspecified atom stereocenters. The molecule has 7 nitrogen and oxygen atoms in total. The molecule has 0 aliphatic rings. The Morgan fingerprint density at radius 3 is 2.65 bits per heavy atom. The number of rotatable bonds is 5. The van der Waals surface area contributed by atoms with Gasteiger partial charge in [0.1, 0.15) is 22.9 Å². The van der Waals surface area contributed by atoms with Crippen LogP contribution in [0.5, 0.6) is 5.75 Å². The first-order valence-corrected chi connectivity index (χ1v) is 11.9. The Kier molecular flexibility index (Phi) is 5.62. The number of nitrogens with zero attached hydrogens (tertiary/aromatic N) is 3. The molecule has 0 saturated carbocycles. The van der Waals surface area contributed by atoms with Gasteiger partial charge in [-0.25, -0.2) is 4.98 Å². The Bertz CT molecular complexity index is 1880. The number of ether oxygens (including phenoxy) is 1. The van der Waals surface area contributed by atoms with Crippen LogP contribution in [0.4, 0.5) is 0 Å². The maximum absolute atomic E-state index is 13.5. The lowest BCUT2D eigenvalue weighted by molar-refractivity contribution is 0.419. The van der Waals surface area contributed by atoms with Crippen LogP contribution in [0.1, 0.15) is 11.3 Å². The minimum atomic E-state index is -0.332. The van der Waals surface area contributed by atoms with Crippen LogP contribution < -0.4 is 10.3 Å². The third-order valence-electron chi connectivity index (χ3n) is 6.18. The minimum Gasteiger partial charge on any atom is -0.496 e. The van der Waals surface area contributed by atoms with Gasteiger partial charge in [0.2, 0.25) is 5.82 Å². The highest BCUT2D eigenvalue weighted by molar-refractivity contribution is 6.31. The van der Waals surface area contributed by atoms with Gasteiger partial charge in [0, 0.05) is 10.6 Å². The summed E-state index contributed by atoms with van der Waals surface area (Å²) in [6, 6.07) is 23.7. The highest BCUT2D eigenvalue weighted by Gasteiger charge is 2.18. The maximum atomic E-state index is 13.5. The first-order chi connectivity index (χ1) is 18.0. The third kappa shape index (κ3) is 3.99. The van der Waals surface area contributed by atoms with Crippen LogP contribution in [0.3, 0.4) is 0 Å². The number of aromatic nitrogens is 2. The van der Waals surface area contributed by atoms with Crippen molar-refractivity contribution >= 4 is 39.7 Å². The number of hydrogen-bond acceptors (Lipinski definition) is 6. The van der Waals surface area contributed by atoms with E-state index in [4.69, 9.17) is 30.2 Å². The smallest absolute Gasteiger partial charge is 0.282 e. The van der Waals surface area contributed by atoms with Gasteiger partial charge < -0.3 is 13.6 Å². The molecule has 0 saturated heterocycles. The SMILES string of the molecule is COc1cccc2oc(-c3nc4ccccc4c(=O)n3N=Cc3ccc(-c4cccc(Cl)c4C)o3)cc12. The molecule has 0 spiro atoms. The van der Waals surface area contributed by atoms with Crippen molar-refractivity contribution in [1.82, 2.24) is 9.66 Å². The van der Waals surface area contributed by atoms with E-state index in [9.17, 15) is 4.79 Å². The molecule has 3 aromatic carbocycles. The number of hydrogen-bond donors (Lipinski definition) is 0. The Balaban J connectivity index is 1.48. The molecule has 0 radical (unpaired) electrons. The fourth-order valence-electron chi connectivity index (χ4n) is 4.27. The van der Waals surface area contributed by atoms with E-state index >= 15 is 0 Å². The largest absolute Gasteiger partial charge is 0.496 e. The predicted octanol–water partition coefficient (Wildman–Crippen LogP) is 6.92. The van der Waals surface area contributed by atoms with E-state index in [0.717, 1.165) is 16.5 Å². The van der Waals surface area contributed by atoms with Crippen molar-refractivity contribution in [2.75, 3.05) is 7.11 Å². The lowest BCUT2D eigenvalue weighted by Gasteiger charge is -2.07. The summed E-state index contributed by atoms with van der Waals surface area (Å²) >= 11 is 6.27. The van der Waals surface area contributed by atoms with E-state index in [2.05, 4.69) is 5.10 Å². The summed E-state index contributed by atoms with van der Waals surface area (Å²) in [5.41, 5.74) is 2.62. The summed E-state index contributed by atoms with van der Waals surface area (Å²) in [6.45, 7) is 1.93. The lowest BCUT2D eigenvalue weighted by Crippen LogP contribution is -2.20. The second-order valence-electron chi connectivity index (χ2n) is 8.41. The monoisotopic (exact) mass is 509 g/mol. The van der Waals surface area contributed by atoms with Gasteiger partial charge >= 0.3 is 0 Å². The molecule has 6 rings (SSSR count). The lowest BCUT2D eigenvalue weighted by atomic mass is 10.1. The molecular formula is C29H20ClN3O4. The van der Waals surface area contributed by atoms with Crippen LogP contribution in [-0.2, 0) is 0 Å². The van der Waals surface area contributed by atoms with Crippen LogP contribution in [0.2, 0.25) is 5.02 Å². The molecule has 0 amide bonds. The van der Waals surface area contributed by atoms with Crippen molar-refractivity contribution in [2.45, 2.75) is 6.92 Å². The van der Waals surface area contributed by atoms with Gasteiger partial charge in [-0.3, -0.25) is 4.79 Å². The highest BCUT2D eigenvalue weighted by Crippen LogP contribution is 2.33. The van der Waals surface area contributed by atoms with Gasteiger partial charge in [-0.05, 0) is 61.0 Å². The second-order valence-corrected chi connectivity index (χ2v) is 8.82. The van der Waals surface area contributed by atoms with Gasteiger partial charge in [-0.1, -0.05) is 41.9 Å². The molecule has 0 fully saturated rings. The zero-order chi connectivity index (χ0) is 25.5. The predicted molar refractivity (Wildman–Crippen MR) is 145 cm³/mol. The summed E-state index contributed by atoms with van der Waals surface area (Å²) < 4.78 is 18.7. The fraction of sp³-hybridized carbons (Fsp3) is 0.0690. The summed E-state index contributed by atoms with van der Waals surface area (Å²) in [4.78, 5) is 18.2. The number of halogens is 1. The van der Waals surface area contributed by atoms with E-state index in [1.807, 2.05) is 55.5 Å². The number of methoxy groups -OCH3 is 1. The van der Waals surface area contributed by atoms with Crippen LogP contribution in [0, 0.1) is 6.92 Å². The molecular weight excluding hydrogens is 490 g/mol. The molecule has 182 valence electrons. The van der Waals surface area contributed by atoms with E-state index in [1.165, 1.54) is 10.9 Å². The van der Waals surface area contributed by atoms with Gasteiger partial charge in [-0.2, -0.15) is 9.78 Å². The number of para-hydroxylation sites is 1. The zero-order valence-electron chi connectivity index (χ0n) is 19.9. The average molecular weight is 510 g/mol. The van der Waals surface area contributed by atoms with E-state index < -0.39 is 0 Å². The average Bonchev–Trinajstić information content (AvgIpc) is 3.57. The summed E-state index contributed by atoms with van der Waals surface area (Å²) in [7, 11) is 1.60. The molecule has 37 heavy (non-hydrogen) atoms. The normalized spacial score (nSPS) is 11.6. The van der Waals surface area contributed by atoms with Crippen LogP contribution in [0.25, 0.3) is 44.8 Å². The van der Waals surface area contributed by atoms with Crippen molar-refractivity contribution in [3.05, 3.63) is 106 Å². The zero-order valence-corrected chi connectivity index (χ0v) is 20.7. The molecule has 0 aliphatic carbocycles. The third-order valence-corrected chi connectivity index (χ3v) is 6.59. The molecule has 0 bridgehead atoms. The van der Waals surface area contributed by atoms with Gasteiger partial charge in [0.15, 0.2) is 5.76 Å². The minimum absolute atomic E-state index is 0.260. The van der Waals surface area contributed by atoms with Gasteiger partial charge in [0.05, 0.1) is 29.6 Å². The number of furan rings is 2. The van der Waals surface area contributed by atoms with Crippen molar-refractivity contribution in [3.8, 4) is 28.7 Å². The molecule has 3 heterocycles. The quantitative estimate of drug-likeness (QED) is 0.235. The summed E-state index contributed by atoms with van der Waals surface area (Å²) in [5, 5.41) is 6.33. The molecule has 0 aliphatic heterocycles. The van der Waals surface area contributed by atoms with Crippen molar-refractivity contribution < 1.29 is 13.6 Å². The molecule has 3 aromatic heterocycles. The number of fused-ring (bicyclic) bond motifs is 2. The molecule has 8 heteroatoms. The Hall–Kier alpha value is -4.62.